The second kappa shape index (κ2) is 14.2. The lowest BCUT2D eigenvalue weighted by molar-refractivity contribution is -0.145. The minimum Gasteiger partial charge on any atom is -0.459 e. The molecule has 0 spiro atoms. The molecular formula is C29H32ClIN4O7. The molecule has 0 fully saturated rings. The van der Waals surface area contributed by atoms with Gasteiger partial charge in [-0.1, -0.05) is 69.4 Å². The van der Waals surface area contributed by atoms with Gasteiger partial charge >= 0.3 is 12.1 Å². The molecule has 0 saturated heterocycles. The summed E-state index contributed by atoms with van der Waals surface area (Å²) in [4.78, 5) is 32.4. The van der Waals surface area contributed by atoms with Crippen molar-refractivity contribution in [1.82, 2.24) is 20.5 Å². The Morgan fingerprint density at radius 2 is 1.93 bits per heavy atom. The number of aromatic nitrogens is 3. The lowest BCUT2D eigenvalue weighted by Gasteiger charge is -2.24. The van der Waals surface area contributed by atoms with Crippen LogP contribution in [0.2, 0.25) is 5.02 Å². The van der Waals surface area contributed by atoms with Crippen molar-refractivity contribution >= 4 is 57.3 Å². The van der Waals surface area contributed by atoms with Gasteiger partial charge in [-0.25, -0.2) is 9.59 Å². The van der Waals surface area contributed by atoms with Crippen molar-refractivity contribution < 1.29 is 33.4 Å². The topological polar surface area (TPSA) is 123 Å². The van der Waals surface area contributed by atoms with E-state index in [1.165, 1.54) is 4.85 Å². The summed E-state index contributed by atoms with van der Waals surface area (Å²) >= 11 is 8.32. The zero-order chi connectivity index (χ0) is 30.3. The van der Waals surface area contributed by atoms with Gasteiger partial charge in [0.2, 0.25) is 0 Å². The van der Waals surface area contributed by atoms with Crippen LogP contribution >= 0.6 is 34.2 Å². The van der Waals surface area contributed by atoms with E-state index in [-0.39, 0.29) is 29.8 Å². The largest absolute Gasteiger partial charge is 0.459 e. The van der Waals surface area contributed by atoms with E-state index in [9.17, 15) is 9.59 Å². The van der Waals surface area contributed by atoms with E-state index < -0.39 is 23.7 Å². The number of carbonyl (C=O) groups is 2. The Morgan fingerprint density at radius 3 is 2.62 bits per heavy atom. The maximum Gasteiger partial charge on any atom is 0.408 e. The van der Waals surface area contributed by atoms with E-state index in [4.69, 9.17) is 35.4 Å². The number of halogens is 2. The summed E-state index contributed by atoms with van der Waals surface area (Å²) in [7, 11) is 1.65. The van der Waals surface area contributed by atoms with Crippen molar-refractivity contribution in [1.29, 1.82) is 0 Å². The first-order chi connectivity index (χ1) is 20.0. The van der Waals surface area contributed by atoms with Crippen LogP contribution in [-0.4, -0.2) is 69.4 Å². The van der Waals surface area contributed by atoms with Crippen LogP contribution in [0.4, 0.5) is 4.79 Å². The van der Waals surface area contributed by atoms with Gasteiger partial charge in [-0.05, 0) is 67.5 Å². The summed E-state index contributed by atoms with van der Waals surface area (Å²) in [6.07, 6.45) is 5.21. The number of rotatable bonds is 11. The summed E-state index contributed by atoms with van der Waals surface area (Å²) in [6, 6.07) is 11.2. The van der Waals surface area contributed by atoms with Crippen LogP contribution in [0, 0.1) is 0 Å². The Morgan fingerprint density at radius 1 is 1.17 bits per heavy atom. The molecule has 0 aliphatic heterocycles. The zero-order valence-corrected chi connectivity index (χ0v) is 26.5. The minimum atomic E-state index is -0.974. The van der Waals surface area contributed by atoms with E-state index in [0.717, 1.165) is 11.1 Å². The molecule has 3 aromatic rings. The molecule has 0 radical (unpaired) electrons. The van der Waals surface area contributed by atoms with Crippen LogP contribution in [-0.2, 0) is 25.4 Å². The number of nitrogens with one attached hydrogen (secondary N) is 1. The summed E-state index contributed by atoms with van der Waals surface area (Å²) in [5.74, 6) is -0.0536. The van der Waals surface area contributed by atoms with Gasteiger partial charge in [0.15, 0.2) is 0 Å². The van der Waals surface area contributed by atoms with Gasteiger partial charge < -0.3 is 29.1 Å². The van der Waals surface area contributed by atoms with Gasteiger partial charge in [0.1, 0.15) is 35.0 Å². The predicted octanol–water partition coefficient (Wildman–Crippen LogP) is 4.84. The van der Waals surface area contributed by atoms with Crippen LogP contribution in [0.3, 0.4) is 0 Å². The Bertz CT molecular complexity index is 1450. The molecule has 0 saturated carbocycles. The van der Waals surface area contributed by atoms with E-state index in [0.29, 0.717) is 21.8 Å². The number of ether oxygens (including phenoxy) is 4. The summed E-state index contributed by atoms with van der Waals surface area (Å²) in [5.41, 5.74) is 2.14. The number of esters is 1. The van der Waals surface area contributed by atoms with Gasteiger partial charge in [-0.3, -0.25) is 0 Å². The van der Waals surface area contributed by atoms with Crippen molar-refractivity contribution in [2.45, 2.75) is 48.9 Å². The Kier molecular flexibility index (Phi) is 10.7. The molecule has 1 aromatic heterocycles. The van der Waals surface area contributed by atoms with E-state index >= 15 is 0 Å². The van der Waals surface area contributed by atoms with E-state index in [1.54, 1.807) is 70.3 Å². The van der Waals surface area contributed by atoms with Crippen molar-refractivity contribution in [3.63, 3.8) is 0 Å². The molecule has 42 heavy (non-hydrogen) atoms. The Labute approximate surface area is 262 Å². The normalized spacial score (nSPS) is 17.3. The Balaban J connectivity index is 1.35. The molecule has 4 rings (SSSR count). The second-order valence-corrected chi connectivity index (χ2v) is 12.3. The molecule has 0 bridgehead atoms. The van der Waals surface area contributed by atoms with E-state index in [2.05, 4.69) is 38.2 Å². The molecule has 3 atom stereocenters. The second-order valence-electron chi connectivity index (χ2n) is 10.4. The van der Waals surface area contributed by atoms with E-state index in [1.807, 2.05) is 18.2 Å². The lowest BCUT2D eigenvalue weighted by atomic mass is 10.0. The third-order valence-electron chi connectivity index (χ3n) is 5.96. The van der Waals surface area contributed by atoms with Crippen LogP contribution in [0.5, 0.6) is 5.75 Å². The highest BCUT2D eigenvalue weighted by molar-refractivity contribution is 14.1. The first-order valence-electron chi connectivity index (χ1n) is 13.1. The van der Waals surface area contributed by atoms with Gasteiger partial charge in [-0.2, -0.15) is 0 Å². The number of nitrogens with zero attached hydrogens (tertiary/aromatic N) is 3. The van der Waals surface area contributed by atoms with Crippen molar-refractivity contribution in [2.75, 3.05) is 20.5 Å². The monoisotopic (exact) mass is 710 g/mol. The number of hydrogen-bond donors (Lipinski definition) is 1. The molecular weight excluding hydrogens is 679 g/mol. The molecule has 224 valence electrons. The third kappa shape index (κ3) is 9.07. The smallest absolute Gasteiger partial charge is 0.408 e. The molecule has 1 aliphatic carbocycles. The minimum absolute atomic E-state index is 0.0355. The van der Waals surface area contributed by atoms with Crippen molar-refractivity contribution in [3.05, 3.63) is 76.9 Å². The van der Waals surface area contributed by atoms with Gasteiger partial charge in [0, 0.05) is 18.6 Å². The number of methoxy groups -OCH3 is 1. The highest BCUT2D eigenvalue weighted by atomic mass is 127. The summed E-state index contributed by atoms with van der Waals surface area (Å²) in [5, 5.41) is 11.1. The highest BCUT2D eigenvalue weighted by Crippen LogP contribution is 2.21. The lowest BCUT2D eigenvalue weighted by Crippen LogP contribution is -2.45. The molecule has 1 N–H and O–H groups in total. The quantitative estimate of drug-likeness (QED) is 0.129. The fraction of sp³-hybridized carbons (Fsp3) is 0.379. The van der Waals surface area contributed by atoms with Gasteiger partial charge in [0.05, 0.1) is 10.0 Å². The number of alkyl halides is 1. The summed E-state index contributed by atoms with van der Waals surface area (Å²) < 4.78 is 22.1. The molecule has 13 heteroatoms. The SMILES string of the molecule is COC1C=CC(COC(=O)[C@@H](Cc2ccc(OCOn3nnc4ccc(Cl)cc43)cc2)NC(=O)OC(C)(C)C)=C[C@H]1I. The number of carbonyl (C=O) groups excluding carboxylic acids is 2. The zero-order valence-electron chi connectivity index (χ0n) is 23.6. The molecule has 1 heterocycles. The maximum atomic E-state index is 13.1. The number of benzene rings is 2. The first-order valence-corrected chi connectivity index (χ1v) is 14.7. The van der Waals surface area contributed by atoms with Crippen LogP contribution in [0.15, 0.2) is 66.3 Å². The van der Waals surface area contributed by atoms with Gasteiger partial charge in [0.25, 0.3) is 6.79 Å². The Hall–Kier alpha value is -3.36. The number of hydrogen-bond acceptors (Lipinski definition) is 9. The first kappa shape index (κ1) is 31.6. The number of fused-ring (bicyclic) bond motifs is 1. The molecule has 1 amide bonds. The highest BCUT2D eigenvalue weighted by Gasteiger charge is 2.27. The maximum absolute atomic E-state index is 13.1. The standard InChI is InChI=1S/C29H32ClIN4O7/c1-29(2,3)42-28(37)32-24(27(36)39-16-19-7-12-26(38-4)22(31)13-19)14-18-5-9-21(10-6-18)40-17-41-35-25-15-20(30)8-11-23(25)33-34-35/h5-13,15,22,24,26H,14,16-17H2,1-4H3,(H,32,37)/t22-,24-,26?/m1/s1. The van der Waals surface area contributed by atoms with Gasteiger partial charge in [-0.15, -0.1) is 5.10 Å². The molecule has 11 nitrogen and oxygen atoms in total. The fourth-order valence-corrected chi connectivity index (χ4v) is 5.11. The van der Waals surface area contributed by atoms with Crippen LogP contribution < -0.4 is 14.9 Å². The predicted molar refractivity (Wildman–Crippen MR) is 165 cm³/mol. The summed E-state index contributed by atoms with van der Waals surface area (Å²) in [6.45, 7) is 5.18. The third-order valence-corrected chi connectivity index (χ3v) is 7.26. The van der Waals surface area contributed by atoms with Crippen LogP contribution in [0.1, 0.15) is 26.3 Å². The average molecular weight is 711 g/mol. The van der Waals surface area contributed by atoms with Crippen molar-refractivity contribution in [3.8, 4) is 5.75 Å². The average Bonchev–Trinajstić information content (AvgIpc) is 3.33. The number of amides is 1. The fourth-order valence-electron chi connectivity index (χ4n) is 3.95. The molecule has 1 unspecified atom stereocenters. The number of alkyl carbamates (subject to hydrolysis) is 1. The van der Waals surface area contributed by atoms with Crippen molar-refractivity contribution in [2.24, 2.45) is 0 Å². The molecule has 2 aromatic carbocycles. The molecule has 1 aliphatic rings. The van der Waals surface area contributed by atoms with Crippen LogP contribution in [0.25, 0.3) is 11.0 Å².